The third-order valence-corrected chi connectivity index (χ3v) is 3.84. The minimum absolute atomic E-state index is 0.170. The van der Waals surface area contributed by atoms with Crippen LogP contribution in [0.4, 0.5) is 0 Å². The molecule has 2 aromatic rings. The highest BCUT2D eigenvalue weighted by Gasteiger charge is 2.12. The summed E-state index contributed by atoms with van der Waals surface area (Å²) >= 11 is 0. The van der Waals surface area contributed by atoms with Crippen molar-refractivity contribution in [1.29, 1.82) is 0 Å². The lowest BCUT2D eigenvalue weighted by Crippen LogP contribution is -2.25. The molecule has 0 saturated carbocycles. The molecule has 0 aliphatic heterocycles. The maximum atomic E-state index is 10.6. The first kappa shape index (κ1) is 15.3. The van der Waals surface area contributed by atoms with Gasteiger partial charge in [-0.15, -0.1) is 0 Å². The molecule has 2 rings (SSSR count). The highest BCUT2D eigenvalue weighted by atomic mass is 16.4. The van der Waals surface area contributed by atoms with E-state index in [0.29, 0.717) is 6.54 Å². The molecule has 0 aromatic heterocycles. The van der Waals surface area contributed by atoms with Crippen LogP contribution in [0.1, 0.15) is 24.9 Å². The maximum Gasteiger partial charge on any atom is 0.304 e. The van der Waals surface area contributed by atoms with Gasteiger partial charge in [-0.05, 0) is 30.7 Å². The fraction of sp³-hybridized carbons (Fsp3) is 0.278. The van der Waals surface area contributed by atoms with E-state index in [0.717, 1.165) is 0 Å². The van der Waals surface area contributed by atoms with Crippen LogP contribution in [-0.2, 0) is 4.79 Å². The van der Waals surface area contributed by atoms with E-state index in [-0.39, 0.29) is 12.5 Å². The highest BCUT2D eigenvalue weighted by Crippen LogP contribution is 2.24. The first-order valence-electron chi connectivity index (χ1n) is 7.15. The Hall–Kier alpha value is -2.13. The molecular weight excluding hydrogens is 262 g/mol. The maximum absolute atomic E-state index is 10.6. The van der Waals surface area contributed by atoms with Crippen LogP contribution < -0.4 is 0 Å². The molecule has 3 nitrogen and oxygen atoms in total. The summed E-state index contributed by atoms with van der Waals surface area (Å²) in [5, 5.41) is 8.75. The number of carboxylic acid groups (broad SMARTS) is 1. The third-order valence-electron chi connectivity index (χ3n) is 3.84. The number of hydrogen-bond acceptors (Lipinski definition) is 2. The van der Waals surface area contributed by atoms with Crippen LogP contribution in [0.3, 0.4) is 0 Å². The Bertz CT molecular complexity index is 578. The second-order valence-electron chi connectivity index (χ2n) is 5.29. The van der Waals surface area contributed by atoms with Crippen molar-refractivity contribution in [3.8, 4) is 11.1 Å². The van der Waals surface area contributed by atoms with E-state index in [9.17, 15) is 4.79 Å². The van der Waals surface area contributed by atoms with Gasteiger partial charge in [0.15, 0.2) is 0 Å². The minimum atomic E-state index is -0.756. The van der Waals surface area contributed by atoms with Crippen LogP contribution in [0, 0.1) is 0 Å². The molecule has 0 fully saturated rings. The van der Waals surface area contributed by atoms with Gasteiger partial charge in [-0.25, -0.2) is 0 Å². The van der Waals surface area contributed by atoms with Crippen LogP contribution in [0.15, 0.2) is 54.6 Å². The van der Waals surface area contributed by atoms with Crippen molar-refractivity contribution in [2.24, 2.45) is 0 Å². The van der Waals surface area contributed by atoms with E-state index in [1.165, 1.54) is 16.7 Å². The van der Waals surface area contributed by atoms with Crippen molar-refractivity contribution in [3.63, 3.8) is 0 Å². The van der Waals surface area contributed by atoms with Gasteiger partial charge < -0.3 is 5.11 Å². The monoisotopic (exact) mass is 283 g/mol. The summed E-state index contributed by atoms with van der Waals surface area (Å²) in [6.45, 7) is 2.65. The standard InChI is InChI=1S/C18H21NO2/c1-14(19(2)13-12-18(20)21)15-8-10-17(11-9-15)16-6-4-3-5-7-16/h3-11,14H,12-13H2,1-2H3,(H,20,21)/t14-/m1/s1. The number of nitrogens with zero attached hydrogens (tertiary/aromatic N) is 1. The van der Waals surface area contributed by atoms with Crippen molar-refractivity contribution in [1.82, 2.24) is 4.90 Å². The van der Waals surface area contributed by atoms with Gasteiger partial charge in [0.25, 0.3) is 0 Å². The molecule has 2 aromatic carbocycles. The lowest BCUT2D eigenvalue weighted by Gasteiger charge is -2.24. The van der Waals surface area contributed by atoms with Gasteiger partial charge in [-0.3, -0.25) is 9.69 Å². The molecule has 0 amide bonds. The first-order chi connectivity index (χ1) is 10.1. The Morgan fingerprint density at radius 1 is 1.05 bits per heavy atom. The van der Waals surface area contributed by atoms with Crippen LogP contribution in [0.2, 0.25) is 0 Å². The van der Waals surface area contributed by atoms with E-state index >= 15 is 0 Å². The largest absolute Gasteiger partial charge is 0.481 e. The Morgan fingerprint density at radius 2 is 1.62 bits per heavy atom. The lowest BCUT2D eigenvalue weighted by molar-refractivity contribution is -0.137. The zero-order valence-electron chi connectivity index (χ0n) is 12.5. The lowest BCUT2D eigenvalue weighted by atomic mass is 10.0. The smallest absolute Gasteiger partial charge is 0.304 e. The Morgan fingerprint density at radius 3 is 2.19 bits per heavy atom. The fourth-order valence-corrected chi connectivity index (χ4v) is 2.30. The fourth-order valence-electron chi connectivity index (χ4n) is 2.30. The Balaban J connectivity index is 2.06. The van der Waals surface area contributed by atoms with Gasteiger partial charge in [-0.1, -0.05) is 54.6 Å². The summed E-state index contributed by atoms with van der Waals surface area (Å²) in [6.07, 6.45) is 0.170. The van der Waals surface area contributed by atoms with Crippen molar-refractivity contribution in [2.45, 2.75) is 19.4 Å². The Kier molecular flexibility index (Phi) is 5.12. The van der Waals surface area contributed by atoms with Crippen LogP contribution in [0.5, 0.6) is 0 Å². The SMILES string of the molecule is C[C@H](c1ccc(-c2ccccc2)cc1)N(C)CCC(=O)O. The van der Waals surface area contributed by atoms with Crippen LogP contribution in [0.25, 0.3) is 11.1 Å². The Labute approximate surface area is 125 Å². The summed E-state index contributed by atoms with van der Waals surface area (Å²) in [7, 11) is 1.96. The van der Waals surface area contributed by atoms with E-state index in [2.05, 4.69) is 48.2 Å². The van der Waals surface area contributed by atoms with E-state index < -0.39 is 5.97 Å². The molecule has 1 atom stereocenters. The van der Waals surface area contributed by atoms with Crippen molar-refractivity contribution in [3.05, 3.63) is 60.2 Å². The second-order valence-corrected chi connectivity index (χ2v) is 5.29. The number of aliphatic carboxylic acids is 1. The zero-order chi connectivity index (χ0) is 15.2. The molecule has 0 aliphatic carbocycles. The van der Waals surface area contributed by atoms with E-state index in [1.807, 2.05) is 25.2 Å². The van der Waals surface area contributed by atoms with Crippen LogP contribution >= 0.6 is 0 Å². The van der Waals surface area contributed by atoms with Crippen molar-refractivity contribution in [2.75, 3.05) is 13.6 Å². The summed E-state index contributed by atoms with van der Waals surface area (Å²) in [5.41, 5.74) is 3.60. The molecule has 110 valence electrons. The molecule has 0 radical (unpaired) electrons. The molecular formula is C18H21NO2. The first-order valence-corrected chi connectivity index (χ1v) is 7.15. The summed E-state index contributed by atoms with van der Waals surface area (Å²) in [6, 6.07) is 18.9. The van der Waals surface area contributed by atoms with Crippen molar-refractivity contribution >= 4 is 5.97 Å². The van der Waals surface area contributed by atoms with Crippen LogP contribution in [-0.4, -0.2) is 29.6 Å². The summed E-state index contributed by atoms with van der Waals surface area (Å²) in [4.78, 5) is 12.7. The van der Waals surface area contributed by atoms with Gasteiger partial charge in [0, 0.05) is 12.6 Å². The average molecular weight is 283 g/mol. The predicted molar refractivity (Wildman–Crippen MR) is 85.2 cm³/mol. The van der Waals surface area contributed by atoms with Gasteiger partial charge >= 0.3 is 5.97 Å². The minimum Gasteiger partial charge on any atom is -0.481 e. The zero-order valence-corrected chi connectivity index (χ0v) is 12.5. The molecule has 0 heterocycles. The normalized spacial score (nSPS) is 12.3. The third kappa shape index (κ3) is 4.17. The molecule has 21 heavy (non-hydrogen) atoms. The molecule has 0 aliphatic rings. The van der Waals surface area contributed by atoms with Crippen molar-refractivity contribution < 1.29 is 9.90 Å². The highest BCUT2D eigenvalue weighted by molar-refractivity contribution is 5.67. The number of rotatable bonds is 6. The molecule has 1 N–H and O–H groups in total. The molecule has 0 saturated heterocycles. The van der Waals surface area contributed by atoms with Gasteiger partial charge in [0.05, 0.1) is 6.42 Å². The van der Waals surface area contributed by atoms with Gasteiger partial charge in [0.1, 0.15) is 0 Å². The number of carbonyl (C=O) groups is 1. The number of carboxylic acids is 1. The quantitative estimate of drug-likeness (QED) is 0.876. The van der Waals surface area contributed by atoms with Gasteiger partial charge in [0.2, 0.25) is 0 Å². The topological polar surface area (TPSA) is 40.5 Å². The number of hydrogen-bond donors (Lipinski definition) is 1. The van der Waals surface area contributed by atoms with E-state index in [1.54, 1.807) is 0 Å². The van der Waals surface area contributed by atoms with Gasteiger partial charge in [-0.2, -0.15) is 0 Å². The molecule has 0 unspecified atom stereocenters. The molecule has 0 spiro atoms. The summed E-state index contributed by atoms with van der Waals surface area (Å²) < 4.78 is 0. The van der Waals surface area contributed by atoms with E-state index in [4.69, 9.17) is 5.11 Å². The predicted octanol–water partition coefficient (Wildman–Crippen LogP) is 3.82. The number of benzene rings is 2. The molecule has 0 bridgehead atoms. The summed E-state index contributed by atoms with van der Waals surface area (Å²) in [5.74, 6) is -0.756. The second kappa shape index (κ2) is 7.04. The average Bonchev–Trinajstić information content (AvgIpc) is 2.53. The molecule has 3 heteroatoms.